The molecule has 2 aromatic rings. The van der Waals surface area contributed by atoms with Gasteiger partial charge in [-0.25, -0.2) is 9.79 Å². The lowest BCUT2D eigenvalue weighted by atomic mass is 9.72. The molecule has 1 amide bonds. The summed E-state index contributed by atoms with van der Waals surface area (Å²) >= 11 is 0. The first-order chi connectivity index (χ1) is 13.8. The summed E-state index contributed by atoms with van der Waals surface area (Å²) in [6.07, 6.45) is 3.43. The lowest BCUT2D eigenvalue weighted by Crippen LogP contribution is -2.53. The van der Waals surface area contributed by atoms with Crippen LogP contribution in [0.4, 0.5) is 0 Å². The molecule has 150 valence electrons. The molecule has 0 saturated carbocycles. The van der Waals surface area contributed by atoms with Crippen LogP contribution < -0.4 is 21.4 Å². The molecule has 1 aliphatic heterocycles. The highest BCUT2D eigenvalue weighted by Gasteiger charge is 2.37. The molecule has 0 fully saturated rings. The minimum absolute atomic E-state index is 0.0324. The molecule has 29 heavy (non-hydrogen) atoms. The summed E-state index contributed by atoms with van der Waals surface area (Å²) in [5.74, 6) is -2.11. The third kappa shape index (κ3) is 5.02. The summed E-state index contributed by atoms with van der Waals surface area (Å²) in [5, 5.41) is 22.2. The van der Waals surface area contributed by atoms with E-state index >= 15 is 0 Å². The van der Waals surface area contributed by atoms with E-state index in [9.17, 15) is 19.7 Å². The molecule has 2 heterocycles. The Morgan fingerprint density at radius 1 is 1.31 bits per heavy atom. The topological polar surface area (TPSA) is 173 Å². The Hall–Kier alpha value is -3.60. The highest BCUT2D eigenvalue weighted by molar-refractivity contribution is 6.47. The van der Waals surface area contributed by atoms with E-state index in [1.807, 2.05) is 0 Å². The zero-order valence-electron chi connectivity index (χ0n) is 15.4. The number of hydrogen-bond donors (Lipinski definition) is 5. The van der Waals surface area contributed by atoms with Gasteiger partial charge in [0.1, 0.15) is 5.75 Å². The van der Waals surface area contributed by atoms with Crippen molar-refractivity contribution < 1.29 is 24.4 Å². The van der Waals surface area contributed by atoms with Gasteiger partial charge in [-0.2, -0.15) is 0 Å². The van der Waals surface area contributed by atoms with Gasteiger partial charge in [0.15, 0.2) is 5.96 Å². The number of guanidine groups is 1. The van der Waals surface area contributed by atoms with Gasteiger partial charge in [-0.3, -0.25) is 9.78 Å². The lowest BCUT2D eigenvalue weighted by molar-refractivity contribution is -0.120. The number of pyridine rings is 1. The van der Waals surface area contributed by atoms with Crippen molar-refractivity contribution in [3.8, 4) is 5.75 Å². The van der Waals surface area contributed by atoms with E-state index in [0.717, 1.165) is 5.56 Å². The second-order valence-electron chi connectivity index (χ2n) is 6.60. The summed E-state index contributed by atoms with van der Waals surface area (Å²) in [7, 11) is -1.36. The van der Waals surface area contributed by atoms with Crippen molar-refractivity contribution in [2.75, 3.05) is 0 Å². The number of aromatic carboxylic acids is 1. The number of amides is 1. The van der Waals surface area contributed by atoms with Crippen molar-refractivity contribution in [2.45, 2.75) is 25.3 Å². The number of carbonyl (C=O) groups is 2. The molecule has 1 aromatic carbocycles. The fourth-order valence-electron chi connectivity index (χ4n) is 3.07. The largest absolute Gasteiger partial charge is 0.547 e. The molecule has 7 N–H and O–H groups in total. The minimum atomic E-state index is -1.36. The number of nitrogens with zero attached hydrogens (tertiary/aromatic N) is 2. The molecule has 3 rings (SSSR count). The van der Waals surface area contributed by atoms with Gasteiger partial charge in [0.2, 0.25) is 5.91 Å². The van der Waals surface area contributed by atoms with E-state index in [0.29, 0.717) is 11.1 Å². The van der Waals surface area contributed by atoms with E-state index in [1.165, 1.54) is 6.07 Å². The first-order valence-corrected chi connectivity index (χ1v) is 8.81. The van der Waals surface area contributed by atoms with Gasteiger partial charge < -0.3 is 31.6 Å². The van der Waals surface area contributed by atoms with Crippen molar-refractivity contribution in [1.29, 1.82) is 0 Å². The van der Waals surface area contributed by atoms with Gasteiger partial charge >= 0.3 is 13.1 Å². The molecular formula is C18H20BN5O5. The molecule has 1 atom stereocenters. The lowest BCUT2D eigenvalue weighted by Gasteiger charge is -2.28. The highest BCUT2D eigenvalue weighted by Crippen LogP contribution is 2.30. The molecule has 0 spiro atoms. The van der Waals surface area contributed by atoms with Gasteiger partial charge in [0.05, 0.1) is 24.5 Å². The van der Waals surface area contributed by atoms with Crippen molar-refractivity contribution in [3.63, 3.8) is 0 Å². The second kappa shape index (κ2) is 8.61. The number of fused-ring (bicyclic) bond motifs is 1. The molecular weight excluding hydrogens is 377 g/mol. The third-order valence-electron chi connectivity index (χ3n) is 4.36. The molecule has 1 unspecified atom stereocenters. The quantitative estimate of drug-likeness (QED) is 0.240. The summed E-state index contributed by atoms with van der Waals surface area (Å²) in [4.78, 5) is 31.7. The van der Waals surface area contributed by atoms with Crippen LogP contribution in [-0.4, -0.2) is 46.0 Å². The van der Waals surface area contributed by atoms with Gasteiger partial charge in [-0.05, 0) is 29.2 Å². The van der Waals surface area contributed by atoms with Crippen LogP contribution in [0.3, 0.4) is 0 Å². The SMILES string of the molecule is NC(N)=NCc1cncc(CC(=O)NC2Cc3cccc(C(=O)O)c3OB2O)c1. The molecule has 1 aliphatic rings. The van der Waals surface area contributed by atoms with Gasteiger partial charge in [-0.1, -0.05) is 18.2 Å². The molecule has 0 saturated heterocycles. The fraction of sp³-hybridized carbons (Fsp3) is 0.222. The summed E-state index contributed by atoms with van der Waals surface area (Å²) in [6.45, 7) is 0.253. The monoisotopic (exact) mass is 397 g/mol. The maximum atomic E-state index is 12.4. The Morgan fingerprint density at radius 2 is 2.07 bits per heavy atom. The summed E-state index contributed by atoms with van der Waals surface area (Å²) in [5.41, 5.74) is 12.6. The van der Waals surface area contributed by atoms with Crippen LogP contribution in [0, 0.1) is 0 Å². The number of aromatic nitrogens is 1. The Bertz CT molecular complexity index is 963. The van der Waals surface area contributed by atoms with E-state index in [-0.39, 0.29) is 42.6 Å². The number of carboxylic acids is 1. The fourth-order valence-corrected chi connectivity index (χ4v) is 3.07. The van der Waals surface area contributed by atoms with Crippen molar-refractivity contribution >= 4 is 25.0 Å². The average Bonchev–Trinajstić information content (AvgIpc) is 2.66. The van der Waals surface area contributed by atoms with E-state index in [1.54, 1.807) is 30.6 Å². The van der Waals surface area contributed by atoms with Crippen LogP contribution in [0.25, 0.3) is 0 Å². The second-order valence-corrected chi connectivity index (χ2v) is 6.60. The van der Waals surface area contributed by atoms with Crippen LogP contribution >= 0.6 is 0 Å². The van der Waals surface area contributed by atoms with Crippen molar-refractivity contribution in [3.05, 3.63) is 58.9 Å². The Morgan fingerprint density at radius 3 is 2.79 bits per heavy atom. The number of nitrogens with one attached hydrogen (secondary N) is 1. The van der Waals surface area contributed by atoms with E-state index in [4.69, 9.17) is 16.1 Å². The average molecular weight is 397 g/mol. The Kier molecular flexibility index (Phi) is 5.98. The first kappa shape index (κ1) is 20.1. The predicted octanol–water partition coefficient (Wildman–Crippen LogP) is -0.765. The normalized spacial score (nSPS) is 15.1. The summed E-state index contributed by atoms with van der Waals surface area (Å²) in [6, 6.07) is 6.45. The molecule has 0 radical (unpaired) electrons. The maximum absolute atomic E-state index is 12.4. The zero-order valence-corrected chi connectivity index (χ0v) is 15.4. The van der Waals surface area contributed by atoms with Crippen molar-refractivity contribution in [2.24, 2.45) is 16.5 Å². The van der Waals surface area contributed by atoms with Crippen LogP contribution in [-0.2, 0) is 24.2 Å². The van der Waals surface area contributed by atoms with Gasteiger partial charge in [-0.15, -0.1) is 0 Å². The molecule has 0 bridgehead atoms. The van der Waals surface area contributed by atoms with E-state index < -0.39 is 19.0 Å². The Labute approximate surface area is 166 Å². The molecule has 1 aromatic heterocycles. The Balaban J connectivity index is 1.66. The highest BCUT2D eigenvalue weighted by atomic mass is 16.5. The zero-order chi connectivity index (χ0) is 21.0. The number of carbonyl (C=O) groups excluding carboxylic acids is 1. The first-order valence-electron chi connectivity index (χ1n) is 8.81. The molecule has 11 heteroatoms. The summed E-state index contributed by atoms with van der Waals surface area (Å²) < 4.78 is 5.37. The molecule has 0 aliphatic carbocycles. The maximum Gasteiger partial charge on any atom is 0.547 e. The smallest absolute Gasteiger partial charge is 0.534 e. The number of nitrogens with two attached hydrogens (primary N) is 2. The predicted molar refractivity (Wildman–Crippen MR) is 105 cm³/mol. The van der Waals surface area contributed by atoms with Crippen LogP contribution in [0.5, 0.6) is 5.75 Å². The van der Waals surface area contributed by atoms with E-state index in [2.05, 4.69) is 15.3 Å². The van der Waals surface area contributed by atoms with Gasteiger partial charge in [0.25, 0.3) is 0 Å². The number of aliphatic imine (C=N–C) groups is 1. The third-order valence-corrected chi connectivity index (χ3v) is 4.36. The number of rotatable bonds is 6. The number of para-hydroxylation sites is 1. The number of benzene rings is 1. The van der Waals surface area contributed by atoms with Crippen LogP contribution in [0.15, 0.2) is 41.7 Å². The number of hydrogen-bond acceptors (Lipinski definition) is 6. The standard InChI is InChI=1S/C18H20BN5O5/c20-18(21)23-9-11-4-10(7-22-8-11)5-15(25)24-14-6-12-2-1-3-13(17(26)27)16(12)29-19(14)28/h1-4,7-8,14,28H,5-6,9H2,(H,24,25)(H,26,27)(H4,20,21,23). The molecule has 10 nitrogen and oxygen atoms in total. The van der Waals surface area contributed by atoms with Crippen molar-refractivity contribution in [1.82, 2.24) is 10.3 Å². The van der Waals surface area contributed by atoms with Crippen LogP contribution in [0.1, 0.15) is 27.0 Å². The van der Waals surface area contributed by atoms with Crippen LogP contribution in [0.2, 0.25) is 0 Å². The minimum Gasteiger partial charge on any atom is -0.534 e. The number of carboxylic acid groups (broad SMARTS) is 1. The van der Waals surface area contributed by atoms with Gasteiger partial charge in [0, 0.05) is 12.4 Å².